The lowest BCUT2D eigenvalue weighted by Gasteiger charge is -2.35. The van der Waals surface area contributed by atoms with E-state index in [1.54, 1.807) is 24.3 Å². The molecule has 0 atom stereocenters. The summed E-state index contributed by atoms with van der Waals surface area (Å²) >= 11 is 5.91. The van der Waals surface area contributed by atoms with Gasteiger partial charge < -0.3 is 9.80 Å². The molecule has 168 valence electrons. The minimum absolute atomic E-state index is 0.268. The molecule has 3 aromatic rings. The van der Waals surface area contributed by atoms with Gasteiger partial charge in [-0.3, -0.25) is 0 Å². The van der Waals surface area contributed by atoms with Crippen molar-refractivity contribution in [2.75, 3.05) is 49.1 Å². The number of anilines is 2. The van der Waals surface area contributed by atoms with Gasteiger partial charge in [0.25, 0.3) is 0 Å². The zero-order chi connectivity index (χ0) is 22.1. The van der Waals surface area contributed by atoms with Gasteiger partial charge in [0.1, 0.15) is 5.82 Å². The standard InChI is InChI=1S/C23H26ClN5O2S/c24-18-8-10-19(11-9-18)32(30,31)29-16-14-28(15-17-29)23-25-21-7-3-2-6-20(21)22(26-23)27-12-4-1-5-13-27/h2-3,6-11H,1,4-5,12-17H2. The Balaban J connectivity index is 1.38. The zero-order valence-corrected chi connectivity index (χ0v) is 19.4. The average molecular weight is 472 g/mol. The van der Waals surface area contributed by atoms with Gasteiger partial charge in [-0.25, -0.2) is 13.4 Å². The van der Waals surface area contributed by atoms with Crippen molar-refractivity contribution in [3.63, 3.8) is 0 Å². The van der Waals surface area contributed by atoms with Crippen molar-refractivity contribution in [1.29, 1.82) is 0 Å². The van der Waals surface area contributed by atoms with Gasteiger partial charge >= 0.3 is 0 Å². The highest BCUT2D eigenvalue weighted by molar-refractivity contribution is 7.89. The highest BCUT2D eigenvalue weighted by atomic mass is 35.5. The Morgan fingerprint density at radius 3 is 2.16 bits per heavy atom. The first-order valence-corrected chi connectivity index (χ1v) is 12.9. The summed E-state index contributed by atoms with van der Waals surface area (Å²) in [5, 5.41) is 1.59. The predicted molar refractivity (Wildman–Crippen MR) is 128 cm³/mol. The van der Waals surface area contributed by atoms with Crippen LogP contribution in [0.25, 0.3) is 10.9 Å². The van der Waals surface area contributed by atoms with E-state index >= 15 is 0 Å². The van der Waals surface area contributed by atoms with Crippen LogP contribution in [0.1, 0.15) is 19.3 Å². The first-order chi connectivity index (χ1) is 15.5. The number of sulfonamides is 1. The molecule has 1 aromatic heterocycles. The molecule has 0 saturated carbocycles. The fourth-order valence-corrected chi connectivity index (χ4v) is 5.97. The summed E-state index contributed by atoms with van der Waals surface area (Å²) in [6.07, 6.45) is 3.61. The maximum absolute atomic E-state index is 13.0. The van der Waals surface area contributed by atoms with Crippen molar-refractivity contribution < 1.29 is 8.42 Å². The molecule has 2 aliphatic heterocycles. The third kappa shape index (κ3) is 4.14. The summed E-state index contributed by atoms with van der Waals surface area (Å²) in [6.45, 7) is 3.89. The fraction of sp³-hybridized carbons (Fsp3) is 0.391. The van der Waals surface area contributed by atoms with Crippen LogP contribution in [0.3, 0.4) is 0 Å². The third-order valence-corrected chi connectivity index (χ3v) is 8.36. The van der Waals surface area contributed by atoms with Crippen LogP contribution < -0.4 is 9.80 Å². The quantitative estimate of drug-likeness (QED) is 0.576. The lowest BCUT2D eigenvalue weighted by Crippen LogP contribution is -2.49. The second-order valence-corrected chi connectivity index (χ2v) is 10.6. The van der Waals surface area contributed by atoms with E-state index in [0.29, 0.717) is 37.1 Å². The Kier molecular flexibility index (Phi) is 5.92. The van der Waals surface area contributed by atoms with Crippen molar-refractivity contribution in [2.24, 2.45) is 0 Å². The van der Waals surface area contributed by atoms with Gasteiger partial charge in [0.15, 0.2) is 0 Å². The van der Waals surface area contributed by atoms with Crippen LogP contribution in [0, 0.1) is 0 Å². The molecule has 0 radical (unpaired) electrons. The second-order valence-electron chi connectivity index (χ2n) is 8.26. The highest BCUT2D eigenvalue weighted by Crippen LogP contribution is 2.29. The largest absolute Gasteiger partial charge is 0.356 e. The second kappa shape index (κ2) is 8.84. The van der Waals surface area contributed by atoms with Gasteiger partial charge in [-0.05, 0) is 55.7 Å². The topological polar surface area (TPSA) is 69.6 Å². The van der Waals surface area contributed by atoms with E-state index in [2.05, 4.69) is 15.9 Å². The van der Waals surface area contributed by atoms with Gasteiger partial charge in [0.2, 0.25) is 16.0 Å². The molecule has 2 aliphatic rings. The number of fused-ring (bicyclic) bond motifs is 1. The van der Waals surface area contributed by atoms with E-state index in [4.69, 9.17) is 21.6 Å². The molecule has 2 fully saturated rings. The molecule has 7 nitrogen and oxygen atoms in total. The van der Waals surface area contributed by atoms with Crippen LogP contribution in [-0.4, -0.2) is 62.0 Å². The van der Waals surface area contributed by atoms with Crippen molar-refractivity contribution in [3.8, 4) is 0 Å². The maximum Gasteiger partial charge on any atom is 0.243 e. The minimum atomic E-state index is -3.55. The normalized spacial score (nSPS) is 18.3. The molecular formula is C23H26ClN5O2S. The van der Waals surface area contributed by atoms with Gasteiger partial charge in [-0.2, -0.15) is 9.29 Å². The smallest absolute Gasteiger partial charge is 0.243 e. The molecule has 0 aliphatic carbocycles. The number of piperidine rings is 1. The molecule has 3 heterocycles. The van der Waals surface area contributed by atoms with Gasteiger partial charge in [-0.15, -0.1) is 0 Å². The first kappa shape index (κ1) is 21.4. The number of hydrogen-bond acceptors (Lipinski definition) is 6. The number of para-hydroxylation sites is 1. The predicted octanol–water partition coefficient (Wildman–Crippen LogP) is 3.78. The number of halogens is 1. The number of aromatic nitrogens is 2. The first-order valence-electron chi connectivity index (χ1n) is 11.0. The summed E-state index contributed by atoms with van der Waals surface area (Å²) in [4.78, 5) is 14.5. The monoisotopic (exact) mass is 471 g/mol. The van der Waals surface area contributed by atoms with E-state index in [0.717, 1.165) is 29.8 Å². The third-order valence-electron chi connectivity index (χ3n) is 6.20. The van der Waals surface area contributed by atoms with E-state index in [1.165, 1.54) is 23.6 Å². The van der Waals surface area contributed by atoms with Crippen LogP contribution >= 0.6 is 11.6 Å². The van der Waals surface area contributed by atoms with Crippen LogP contribution in [-0.2, 0) is 10.0 Å². The van der Waals surface area contributed by atoms with Crippen molar-refractivity contribution in [2.45, 2.75) is 24.2 Å². The van der Waals surface area contributed by atoms with Gasteiger partial charge in [-0.1, -0.05) is 23.7 Å². The molecule has 9 heteroatoms. The summed E-state index contributed by atoms with van der Waals surface area (Å²) < 4.78 is 27.5. The SMILES string of the molecule is O=S(=O)(c1ccc(Cl)cc1)N1CCN(c2nc(N3CCCCC3)c3ccccc3n2)CC1. The molecule has 0 unspecified atom stereocenters. The van der Waals surface area contributed by atoms with E-state index < -0.39 is 10.0 Å². The number of piperazine rings is 1. The zero-order valence-electron chi connectivity index (χ0n) is 17.8. The Hall–Kier alpha value is -2.42. The summed E-state index contributed by atoms with van der Waals surface area (Å²) in [6, 6.07) is 14.5. The molecule has 0 amide bonds. The molecular weight excluding hydrogens is 446 g/mol. The molecule has 2 saturated heterocycles. The number of nitrogens with zero attached hydrogens (tertiary/aromatic N) is 5. The Labute approximate surface area is 193 Å². The molecule has 2 aromatic carbocycles. The molecule has 0 spiro atoms. The van der Waals surface area contributed by atoms with Crippen LogP contribution in [0.15, 0.2) is 53.4 Å². The van der Waals surface area contributed by atoms with Crippen LogP contribution in [0.5, 0.6) is 0 Å². The van der Waals surface area contributed by atoms with Crippen molar-refractivity contribution in [1.82, 2.24) is 14.3 Å². The van der Waals surface area contributed by atoms with Crippen molar-refractivity contribution >= 4 is 44.3 Å². The number of benzene rings is 2. The summed E-state index contributed by atoms with van der Waals surface area (Å²) in [5.74, 6) is 1.66. The molecule has 32 heavy (non-hydrogen) atoms. The molecule has 0 bridgehead atoms. The van der Waals surface area contributed by atoms with Gasteiger partial charge in [0.05, 0.1) is 10.4 Å². The Morgan fingerprint density at radius 1 is 0.750 bits per heavy atom. The highest BCUT2D eigenvalue weighted by Gasteiger charge is 2.30. The van der Waals surface area contributed by atoms with Crippen molar-refractivity contribution in [3.05, 3.63) is 53.6 Å². The maximum atomic E-state index is 13.0. The number of hydrogen-bond donors (Lipinski definition) is 0. The fourth-order valence-electron chi connectivity index (χ4n) is 4.42. The van der Waals surface area contributed by atoms with E-state index in [9.17, 15) is 8.42 Å². The Bertz CT molecular complexity index is 1200. The Morgan fingerprint density at radius 2 is 1.44 bits per heavy atom. The minimum Gasteiger partial charge on any atom is -0.356 e. The molecule has 5 rings (SSSR count). The van der Waals surface area contributed by atoms with Gasteiger partial charge in [0, 0.05) is 49.7 Å². The van der Waals surface area contributed by atoms with E-state index in [1.807, 2.05) is 18.2 Å². The number of rotatable bonds is 4. The lowest BCUT2D eigenvalue weighted by atomic mass is 10.1. The lowest BCUT2D eigenvalue weighted by molar-refractivity contribution is 0.382. The average Bonchev–Trinajstić information content (AvgIpc) is 2.84. The van der Waals surface area contributed by atoms with Crippen LogP contribution in [0.2, 0.25) is 5.02 Å². The van der Waals surface area contributed by atoms with Crippen LogP contribution in [0.4, 0.5) is 11.8 Å². The molecule has 0 N–H and O–H groups in total. The summed E-state index contributed by atoms with van der Waals surface area (Å²) in [7, 11) is -3.55. The van der Waals surface area contributed by atoms with E-state index in [-0.39, 0.29) is 4.90 Å². The summed E-state index contributed by atoms with van der Waals surface area (Å²) in [5.41, 5.74) is 0.925.